The topological polar surface area (TPSA) is 69.6 Å². The van der Waals surface area contributed by atoms with Gasteiger partial charge in [-0.05, 0) is 41.4 Å². The number of carbonyl (C=O) groups is 2. The van der Waals surface area contributed by atoms with Crippen LogP contribution in [0, 0.1) is 5.41 Å². The van der Waals surface area contributed by atoms with Crippen molar-refractivity contribution in [3.8, 4) is 0 Å². The Morgan fingerprint density at radius 2 is 2.20 bits per heavy atom. The van der Waals surface area contributed by atoms with Crippen LogP contribution in [0.5, 0.6) is 0 Å². The van der Waals surface area contributed by atoms with E-state index in [-0.39, 0.29) is 12.6 Å². The number of urea groups is 1. The van der Waals surface area contributed by atoms with Crippen molar-refractivity contribution in [1.82, 2.24) is 4.90 Å². The zero-order valence-electron chi connectivity index (χ0n) is 10.8. The number of nitrogens with zero attached hydrogens (tertiary/aromatic N) is 1. The van der Waals surface area contributed by atoms with Crippen molar-refractivity contribution in [1.29, 1.82) is 0 Å². The summed E-state index contributed by atoms with van der Waals surface area (Å²) in [6, 6.07) is 4.89. The van der Waals surface area contributed by atoms with Gasteiger partial charge in [0.25, 0.3) is 0 Å². The van der Waals surface area contributed by atoms with E-state index in [1.807, 2.05) is 0 Å². The lowest BCUT2D eigenvalue weighted by Gasteiger charge is -2.21. The van der Waals surface area contributed by atoms with Crippen LogP contribution in [0.2, 0.25) is 5.02 Å². The number of hydrogen-bond donors (Lipinski definition) is 2. The van der Waals surface area contributed by atoms with Gasteiger partial charge in [0.15, 0.2) is 0 Å². The van der Waals surface area contributed by atoms with Crippen molar-refractivity contribution in [3.05, 3.63) is 27.7 Å². The third-order valence-corrected chi connectivity index (χ3v) is 4.77. The minimum Gasteiger partial charge on any atom is -0.481 e. The molecular weight excluding hydrogens is 348 g/mol. The van der Waals surface area contributed by atoms with Crippen LogP contribution in [0.25, 0.3) is 0 Å². The second-order valence-electron chi connectivity index (χ2n) is 5.07. The number of benzene rings is 1. The van der Waals surface area contributed by atoms with Gasteiger partial charge in [-0.2, -0.15) is 0 Å². The molecule has 0 radical (unpaired) electrons. The van der Waals surface area contributed by atoms with Crippen LogP contribution in [0.4, 0.5) is 10.5 Å². The molecule has 7 heteroatoms. The molecule has 1 fully saturated rings. The molecule has 1 aromatic rings. The lowest BCUT2D eigenvalue weighted by atomic mass is 9.90. The molecule has 1 saturated heterocycles. The fourth-order valence-corrected chi connectivity index (χ4v) is 2.64. The lowest BCUT2D eigenvalue weighted by Crippen LogP contribution is -2.37. The monoisotopic (exact) mass is 360 g/mol. The Balaban J connectivity index is 2.07. The number of likely N-dealkylation sites (tertiary alicyclic amines) is 1. The Morgan fingerprint density at radius 1 is 1.50 bits per heavy atom. The van der Waals surface area contributed by atoms with Crippen molar-refractivity contribution in [2.24, 2.45) is 5.41 Å². The number of carbonyl (C=O) groups excluding carboxylic acids is 1. The molecule has 1 heterocycles. The maximum Gasteiger partial charge on any atom is 0.321 e. The summed E-state index contributed by atoms with van der Waals surface area (Å²) in [6.45, 7) is 2.26. The predicted octanol–water partition coefficient (Wildman–Crippen LogP) is 3.43. The van der Waals surface area contributed by atoms with Gasteiger partial charge < -0.3 is 15.3 Å². The van der Waals surface area contributed by atoms with Crippen LogP contribution in [0.1, 0.15) is 13.3 Å². The highest BCUT2D eigenvalue weighted by atomic mass is 79.9. The molecule has 108 valence electrons. The first kappa shape index (κ1) is 15.1. The fraction of sp³-hybridized carbons (Fsp3) is 0.385. The zero-order chi connectivity index (χ0) is 14.9. The van der Waals surface area contributed by atoms with Crippen LogP contribution in [-0.2, 0) is 4.79 Å². The quantitative estimate of drug-likeness (QED) is 0.848. The molecular formula is C13H14BrClN2O3. The van der Waals surface area contributed by atoms with Gasteiger partial charge in [-0.25, -0.2) is 4.79 Å². The minimum atomic E-state index is -0.881. The summed E-state index contributed by atoms with van der Waals surface area (Å²) in [4.78, 5) is 24.8. The highest BCUT2D eigenvalue weighted by Crippen LogP contribution is 2.32. The number of carboxylic acid groups (broad SMARTS) is 1. The van der Waals surface area contributed by atoms with E-state index in [1.165, 1.54) is 4.90 Å². The molecule has 2 N–H and O–H groups in total. The van der Waals surface area contributed by atoms with Crippen molar-refractivity contribution in [2.45, 2.75) is 13.3 Å². The number of halogens is 2. The van der Waals surface area contributed by atoms with Gasteiger partial charge in [0, 0.05) is 17.6 Å². The Labute approximate surface area is 130 Å². The number of anilines is 1. The van der Waals surface area contributed by atoms with Gasteiger partial charge in [0.2, 0.25) is 0 Å². The second-order valence-corrected chi connectivity index (χ2v) is 6.30. The summed E-state index contributed by atoms with van der Waals surface area (Å²) in [5.41, 5.74) is -0.381. The summed E-state index contributed by atoms with van der Waals surface area (Å²) in [6.07, 6.45) is 0.446. The molecule has 1 aliphatic rings. The van der Waals surface area contributed by atoms with Gasteiger partial charge >= 0.3 is 12.0 Å². The highest BCUT2D eigenvalue weighted by Gasteiger charge is 2.42. The van der Waals surface area contributed by atoms with E-state index in [4.69, 9.17) is 16.7 Å². The molecule has 0 aromatic heterocycles. The van der Waals surface area contributed by atoms with E-state index in [0.29, 0.717) is 28.1 Å². The molecule has 1 unspecified atom stereocenters. The van der Waals surface area contributed by atoms with Gasteiger partial charge in [0.05, 0.1) is 16.1 Å². The van der Waals surface area contributed by atoms with Crippen LogP contribution in [0.3, 0.4) is 0 Å². The number of rotatable bonds is 2. The Morgan fingerprint density at radius 3 is 2.80 bits per heavy atom. The summed E-state index contributed by atoms with van der Waals surface area (Å²) in [7, 11) is 0. The van der Waals surface area contributed by atoms with E-state index >= 15 is 0 Å². The first-order chi connectivity index (χ1) is 9.33. The largest absolute Gasteiger partial charge is 0.481 e. The van der Waals surface area contributed by atoms with E-state index in [9.17, 15) is 9.59 Å². The smallest absolute Gasteiger partial charge is 0.321 e. The average Bonchev–Trinajstić information content (AvgIpc) is 2.79. The van der Waals surface area contributed by atoms with Crippen LogP contribution < -0.4 is 5.32 Å². The molecule has 0 aliphatic carbocycles. The van der Waals surface area contributed by atoms with E-state index in [1.54, 1.807) is 25.1 Å². The van der Waals surface area contributed by atoms with E-state index in [0.717, 1.165) is 0 Å². The molecule has 0 spiro atoms. The molecule has 20 heavy (non-hydrogen) atoms. The van der Waals surface area contributed by atoms with Gasteiger partial charge in [-0.1, -0.05) is 17.7 Å². The summed E-state index contributed by atoms with van der Waals surface area (Å²) < 4.78 is 0.689. The number of carboxylic acids is 1. The van der Waals surface area contributed by atoms with Crippen LogP contribution >= 0.6 is 27.5 Å². The van der Waals surface area contributed by atoms with E-state index in [2.05, 4.69) is 21.2 Å². The minimum absolute atomic E-state index is 0.194. The Bertz CT molecular complexity index is 567. The molecule has 1 aromatic carbocycles. The standard InChI is InChI=1S/C13H14BrClN2O3/c1-13(11(18)19)5-6-17(7-13)12(20)16-9-4-2-3-8(14)10(9)15/h2-4H,5-7H2,1H3,(H,16,20)(H,18,19). The van der Waals surface area contributed by atoms with Crippen molar-refractivity contribution in [2.75, 3.05) is 18.4 Å². The molecule has 0 bridgehead atoms. The molecule has 2 rings (SSSR count). The third kappa shape index (κ3) is 2.91. The normalized spacial score (nSPS) is 21.9. The van der Waals surface area contributed by atoms with Crippen LogP contribution in [0.15, 0.2) is 22.7 Å². The molecule has 0 saturated carbocycles. The van der Waals surface area contributed by atoms with Crippen molar-refractivity contribution >= 4 is 45.2 Å². The number of amides is 2. The maximum absolute atomic E-state index is 12.1. The first-order valence-electron chi connectivity index (χ1n) is 6.07. The Hall–Kier alpha value is -1.27. The van der Waals surface area contributed by atoms with Gasteiger partial charge in [0.1, 0.15) is 0 Å². The highest BCUT2D eigenvalue weighted by molar-refractivity contribution is 9.10. The Kier molecular flexibility index (Phi) is 4.25. The van der Waals surface area contributed by atoms with Crippen LogP contribution in [-0.4, -0.2) is 35.1 Å². The predicted molar refractivity (Wildman–Crippen MR) is 80.1 cm³/mol. The average molecular weight is 362 g/mol. The fourth-order valence-electron chi connectivity index (χ4n) is 2.10. The summed E-state index contributed by atoms with van der Waals surface area (Å²) in [5.74, 6) is -0.881. The third-order valence-electron chi connectivity index (χ3n) is 3.47. The summed E-state index contributed by atoms with van der Waals surface area (Å²) >= 11 is 9.36. The summed E-state index contributed by atoms with van der Waals surface area (Å²) in [5, 5.41) is 12.3. The van der Waals surface area contributed by atoms with E-state index < -0.39 is 11.4 Å². The van der Waals surface area contributed by atoms with Gasteiger partial charge in [-0.3, -0.25) is 4.79 Å². The van der Waals surface area contributed by atoms with Gasteiger partial charge in [-0.15, -0.1) is 0 Å². The molecule has 2 amide bonds. The number of hydrogen-bond acceptors (Lipinski definition) is 2. The number of nitrogens with one attached hydrogen (secondary N) is 1. The molecule has 1 atom stereocenters. The SMILES string of the molecule is CC1(C(=O)O)CCN(C(=O)Nc2cccc(Br)c2Cl)C1. The lowest BCUT2D eigenvalue weighted by molar-refractivity contribution is -0.146. The number of aliphatic carboxylic acids is 1. The van der Waals surface area contributed by atoms with Crippen molar-refractivity contribution < 1.29 is 14.7 Å². The zero-order valence-corrected chi connectivity index (χ0v) is 13.2. The molecule has 5 nitrogen and oxygen atoms in total. The maximum atomic E-state index is 12.1. The van der Waals surface area contributed by atoms with Crippen molar-refractivity contribution in [3.63, 3.8) is 0 Å². The first-order valence-corrected chi connectivity index (χ1v) is 7.24. The second kappa shape index (κ2) is 5.61. The molecule has 1 aliphatic heterocycles.